The number of fused-ring (bicyclic) bond motifs is 2. The van der Waals surface area contributed by atoms with Crippen LogP contribution in [0.1, 0.15) is 109 Å². The van der Waals surface area contributed by atoms with Gasteiger partial charge in [0.2, 0.25) is 23.1 Å². The number of ketones is 1. The lowest BCUT2D eigenvalue weighted by Crippen LogP contribution is -2.65. The smallest absolute Gasteiger partial charge is 0.310 e. The molecule has 1 aromatic rings. The van der Waals surface area contributed by atoms with Gasteiger partial charge in [0.1, 0.15) is 6.10 Å². The number of amides is 1. The largest absolute Gasteiger partial charge is 0.492 e. The summed E-state index contributed by atoms with van der Waals surface area (Å²) in [6.07, 6.45) is -11.0. The van der Waals surface area contributed by atoms with Crippen molar-refractivity contribution in [3.63, 3.8) is 0 Å². The highest BCUT2D eigenvalue weighted by molar-refractivity contribution is 14.1. The molecule has 23 nitrogen and oxygen atoms in total. The zero-order valence-corrected chi connectivity index (χ0v) is 52.2. The van der Waals surface area contributed by atoms with Crippen molar-refractivity contribution in [1.82, 2.24) is 10.4 Å². The Morgan fingerprint density at radius 3 is 2.18 bits per heavy atom. The topological polar surface area (TPSA) is 317 Å². The predicted molar refractivity (Wildman–Crippen MR) is 310 cm³/mol. The molecule has 466 valence electrons. The van der Waals surface area contributed by atoms with Gasteiger partial charge in [-0.05, 0) is 88.1 Å². The molecule has 17 unspecified atom stereocenters. The highest BCUT2D eigenvalue weighted by Gasteiger charge is 2.56. The van der Waals surface area contributed by atoms with E-state index in [4.69, 9.17) is 47.5 Å². The van der Waals surface area contributed by atoms with Crippen LogP contribution in [0.4, 0.5) is 0 Å². The van der Waals surface area contributed by atoms with Crippen molar-refractivity contribution in [2.75, 3.05) is 47.7 Å². The minimum absolute atomic E-state index is 0.00256. The quantitative estimate of drug-likeness (QED) is 0.0427. The lowest BCUT2D eigenvalue weighted by molar-refractivity contribution is -0.314. The molecule has 6 aliphatic rings. The van der Waals surface area contributed by atoms with Crippen molar-refractivity contribution in [3.05, 3.63) is 37.5 Å². The molecule has 4 aliphatic heterocycles. The molecule has 4 heterocycles. The maximum atomic E-state index is 14.4. The summed E-state index contributed by atoms with van der Waals surface area (Å²) in [6.45, 7) is 12.7. The Balaban J connectivity index is 1.14. The predicted octanol–water partition coefficient (Wildman–Crippen LogP) is 2.53. The van der Waals surface area contributed by atoms with Gasteiger partial charge in [-0.25, -0.2) is 0 Å². The molecular formula is C59H81IN2O21S. The molecule has 19 atom stereocenters. The van der Waals surface area contributed by atoms with Gasteiger partial charge in [0.15, 0.2) is 41.1 Å². The van der Waals surface area contributed by atoms with E-state index < -0.39 is 150 Å². The number of hydrogen-bond donors (Lipinski definition) is 8. The summed E-state index contributed by atoms with van der Waals surface area (Å²) in [5.74, 6) is 8.15. The van der Waals surface area contributed by atoms with Gasteiger partial charge in [-0.15, -0.1) is 0 Å². The summed E-state index contributed by atoms with van der Waals surface area (Å²) < 4.78 is 55.6. The molecule has 0 saturated carbocycles. The summed E-state index contributed by atoms with van der Waals surface area (Å²) in [4.78, 5) is 62.3. The molecule has 1 amide bonds. The zero-order valence-electron chi connectivity index (χ0n) is 49.2. The number of ether oxygens (including phenoxy) is 9. The molecule has 7 rings (SSSR count). The van der Waals surface area contributed by atoms with Gasteiger partial charge in [0, 0.05) is 62.3 Å². The average Bonchev–Trinajstić information content (AvgIpc) is 1.28. The van der Waals surface area contributed by atoms with Gasteiger partial charge < -0.3 is 83.3 Å². The van der Waals surface area contributed by atoms with Crippen LogP contribution >= 0.6 is 34.4 Å². The first-order chi connectivity index (χ1) is 39.9. The number of hydrogen-bond acceptors (Lipinski definition) is 23. The Labute approximate surface area is 507 Å². The molecule has 2 aliphatic carbocycles. The number of likely N-dealkylation sites (N-methyl/N-ethyl adjacent to an activating group) is 1. The van der Waals surface area contributed by atoms with E-state index in [1.165, 1.54) is 28.3 Å². The Bertz CT molecular complexity index is 2770. The number of nitrogens with one attached hydrogen (secondary N) is 1. The molecule has 0 aromatic heterocycles. The Kier molecular flexibility index (Phi) is 23.2. The lowest BCUT2D eigenvalue weighted by atomic mass is 9.69. The highest BCUT2D eigenvalue weighted by atomic mass is 127. The third-order valence-corrected chi connectivity index (χ3v) is 19.3. The molecule has 2 bridgehead atoms. The normalized spacial score (nSPS) is 36.6. The van der Waals surface area contributed by atoms with Gasteiger partial charge >= 0.3 is 5.97 Å². The van der Waals surface area contributed by atoms with Crippen LogP contribution in [0, 0.1) is 51.9 Å². The number of esters is 1. The summed E-state index contributed by atoms with van der Waals surface area (Å²) in [5, 5.41) is 77.8. The number of allylic oxidation sites excluding steroid dienone is 1. The van der Waals surface area contributed by atoms with Gasteiger partial charge in [-0.2, -0.15) is 5.48 Å². The molecule has 4 fully saturated rings. The average molecular weight is 1310 g/mol. The summed E-state index contributed by atoms with van der Waals surface area (Å²) in [5.41, 5.74) is -0.000621. The van der Waals surface area contributed by atoms with Crippen molar-refractivity contribution < 1.29 is 102 Å². The van der Waals surface area contributed by atoms with Crippen molar-refractivity contribution in [2.24, 2.45) is 17.8 Å². The standard InChI is InChI=1S/C59H81IN2O21S/c1-12-18-36-45-34(22-41(68)74-9)39(67)24-59(36,73)20-17-15-14-16-19-58(45,8)82-56-44(40-21-33(25-63)37(27-77-40)62(13-2)32(7)65)50(71)47(29(4)79-56)61-83-42-23-38(66)54(31(6)78-42)84-55(72)43-28(3)46(60)52(53(76-11)51(43)75-10)81-57-49(70)35(26-64)48(69)30(5)80-57/h18,29-31,33,35,37-38,40,42,44,47-50,54,56-57,61,63-64,66,69-71,73H,12-15,21-27H2,1-11H3/b36-18+/t29?,30?,31?,33?,35?,37?,38?,40?,42?,44?,47?,48?,49?,50?,54?,56?,57?,58-,59+/m0/s1. The molecular weight excluding hydrogens is 1230 g/mol. The Morgan fingerprint density at radius 1 is 0.893 bits per heavy atom. The van der Waals surface area contributed by atoms with Crippen LogP contribution < -0.4 is 19.7 Å². The van der Waals surface area contributed by atoms with E-state index in [2.05, 4.69) is 29.2 Å². The van der Waals surface area contributed by atoms with Crippen LogP contribution in [-0.2, 0) is 47.6 Å². The third kappa shape index (κ3) is 14.0. The van der Waals surface area contributed by atoms with E-state index in [9.17, 15) is 54.9 Å². The monoisotopic (exact) mass is 1310 g/mol. The number of methoxy groups -OCH3 is 3. The fourth-order valence-corrected chi connectivity index (χ4v) is 14.0. The van der Waals surface area contributed by atoms with Crippen LogP contribution in [0.5, 0.6) is 17.2 Å². The number of benzene rings is 1. The van der Waals surface area contributed by atoms with Crippen LogP contribution in [0.3, 0.4) is 0 Å². The molecule has 0 spiro atoms. The van der Waals surface area contributed by atoms with Gasteiger partial charge in [0.25, 0.3) is 0 Å². The van der Waals surface area contributed by atoms with Gasteiger partial charge in [0.05, 0.1) is 122 Å². The first-order valence-electron chi connectivity index (χ1n) is 28.3. The number of carbonyl (C=O) groups is 4. The van der Waals surface area contributed by atoms with Gasteiger partial charge in [-0.1, -0.05) is 48.4 Å². The van der Waals surface area contributed by atoms with Crippen molar-refractivity contribution >= 4 is 57.1 Å². The second-order valence-corrected chi connectivity index (χ2v) is 24.3. The minimum atomic E-state index is -1.98. The van der Waals surface area contributed by atoms with E-state index in [-0.39, 0.29) is 84.3 Å². The van der Waals surface area contributed by atoms with Gasteiger partial charge in [-0.3, -0.25) is 24.0 Å². The molecule has 1 aromatic carbocycles. The number of halogens is 1. The Morgan fingerprint density at radius 2 is 1.57 bits per heavy atom. The summed E-state index contributed by atoms with van der Waals surface area (Å²) >= 11 is 2.79. The van der Waals surface area contributed by atoms with Crippen LogP contribution in [0.15, 0.2) is 22.8 Å². The SMILES string of the molecule is CC/C=C1\C2=C(CC(=O)OC)C(=O)C[C@]1(O)C#CCCC#C[C@]2(C)OC1OC(C)C(NOC2CC(O)C(SC(=O)c3c(C)c(I)c(OC4OC(C)C(O)C(CO)C4O)c(OC)c3OC)C(C)O2)C(O)C1C1CC(CO)C(N(CC)C(C)=O)CO1. The van der Waals surface area contributed by atoms with Crippen molar-refractivity contribution in [2.45, 2.75) is 197 Å². The van der Waals surface area contributed by atoms with Crippen LogP contribution in [0.2, 0.25) is 0 Å². The van der Waals surface area contributed by atoms with E-state index in [1.54, 1.807) is 45.6 Å². The second kappa shape index (κ2) is 28.9. The van der Waals surface area contributed by atoms with E-state index >= 15 is 0 Å². The number of carbonyl (C=O) groups excluding carboxylic acids is 4. The number of rotatable bonds is 19. The zero-order chi connectivity index (χ0) is 61.7. The number of aliphatic hydroxyl groups is 7. The third-order valence-electron chi connectivity index (χ3n) is 16.7. The number of hydroxylamine groups is 1. The number of nitrogens with zero attached hydrogens (tertiary/aromatic N) is 1. The lowest BCUT2D eigenvalue weighted by Gasteiger charge is -2.51. The first kappa shape index (κ1) is 67.5. The van der Waals surface area contributed by atoms with E-state index in [1.807, 2.05) is 36.4 Å². The second-order valence-electron chi connectivity index (χ2n) is 22.1. The highest BCUT2D eigenvalue weighted by Crippen LogP contribution is 2.50. The maximum Gasteiger partial charge on any atom is 0.310 e. The molecule has 4 saturated heterocycles. The molecule has 8 N–H and O–H groups in total. The number of Topliss-reactive ketones (excluding diaryl/α,β-unsaturated/α-hetero) is 1. The van der Waals surface area contributed by atoms with Crippen molar-refractivity contribution in [1.29, 1.82) is 0 Å². The number of aliphatic hydroxyl groups excluding tert-OH is 6. The summed E-state index contributed by atoms with van der Waals surface area (Å²) in [6, 6.07) is -1.58. The summed E-state index contributed by atoms with van der Waals surface area (Å²) in [7, 11) is 3.89. The minimum Gasteiger partial charge on any atom is -0.492 e. The molecule has 84 heavy (non-hydrogen) atoms. The fraction of sp³-hybridized carbons (Fsp3) is 0.695. The van der Waals surface area contributed by atoms with Crippen LogP contribution in [-0.4, -0.2) is 207 Å². The van der Waals surface area contributed by atoms with E-state index in [0.29, 0.717) is 22.1 Å². The molecule has 25 heteroatoms. The molecule has 0 radical (unpaired) electrons. The fourth-order valence-electron chi connectivity index (χ4n) is 12.2. The van der Waals surface area contributed by atoms with E-state index in [0.717, 1.165) is 11.8 Å². The van der Waals surface area contributed by atoms with Crippen LogP contribution in [0.25, 0.3) is 0 Å². The first-order valence-corrected chi connectivity index (χ1v) is 30.3. The number of thioether (sulfide) groups is 1. The maximum absolute atomic E-state index is 14.4. The Hall–Kier alpha value is -3.98. The van der Waals surface area contributed by atoms with Crippen molar-refractivity contribution in [3.8, 4) is 40.9 Å².